The summed E-state index contributed by atoms with van der Waals surface area (Å²) < 4.78 is 0. The zero-order chi connectivity index (χ0) is 17.4. The lowest BCUT2D eigenvalue weighted by Crippen LogP contribution is -2.74. The largest absolute Gasteiger partial charge is 0.297 e. The van der Waals surface area contributed by atoms with E-state index in [-0.39, 0.29) is 17.6 Å². The summed E-state index contributed by atoms with van der Waals surface area (Å²) in [5.41, 5.74) is 2.51. The lowest BCUT2D eigenvalue weighted by atomic mass is 9.87. The van der Waals surface area contributed by atoms with Crippen LogP contribution in [0.25, 0.3) is 0 Å². The molecule has 1 unspecified atom stereocenters. The number of nitrogens with one attached hydrogen (secondary N) is 2. The highest BCUT2D eigenvalue weighted by Gasteiger charge is 2.44. The van der Waals surface area contributed by atoms with Crippen molar-refractivity contribution >= 4 is 18.6 Å². The van der Waals surface area contributed by atoms with Gasteiger partial charge in [0.05, 0.1) is 12.1 Å². The monoisotopic (exact) mass is 334 g/mol. The molecule has 3 rings (SSSR count). The molecule has 1 atom stereocenters. The van der Waals surface area contributed by atoms with Crippen LogP contribution in [-0.2, 0) is 4.79 Å². The Morgan fingerprint density at radius 3 is 2.62 bits per heavy atom. The van der Waals surface area contributed by atoms with Crippen molar-refractivity contribution in [3.63, 3.8) is 0 Å². The van der Waals surface area contributed by atoms with E-state index >= 15 is 0 Å². The van der Waals surface area contributed by atoms with Gasteiger partial charge in [-0.05, 0) is 40.5 Å². The number of rotatable bonds is 3. The van der Waals surface area contributed by atoms with Crippen LogP contribution in [0.1, 0.15) is 59.8 Å². The first-order valence-corrected chi connectivity index (χ1v) is 8.99. The van der Waals surface area contributed by atoms with Gasteiger partial charge in [0.15, 0.2) is 0 Å². The average Bonchev–Trinajstić information content (AvgIpc) is 2.52. The number of hydrazine groups is 2. The van der Waals surface area contributed by atoms with Gasteiger partial charge in [0.1, 0.15) is 18.8 Å². The number of amides is 1. The van der Waals surface area contributed by atoms with Crippen molar-refractivity contribution in [3.8, 4) is 0 Å². The SMILES string of the molecule is CC1(C)CN(NN2C=NC=NC2C2CCCCC2)C(=O)C(C)(C)N1. The zero-order valence-corrected chi connectivity index (χ0v) is 15.2. The zero-order valence-electron chi connectivity index (χ0n) is 15.2. The summed E-state index contributed by atoms with van der Waals surface area (Å²) in [4.78, 5) is 21.5. The fourth-order valence-corrected chi connectivity index (χ4v) is 4.18. The molecule has 1 aliphatic carbocycles. The van der Waals surface area contributed by atoms with Gasteiger partial charge in [-0.2, -0.15) is 0 Å². The molecule has 7 heteroatoms. The molecule has 24 heavy (non-hydrogen) atoms. The van der Waals surface area contributed by atoms with Gasteiger partial charge in [0, 0.05) is 11.5 Å². The van der Waals surface area contributed by atoms with Crippen LogP contribution in [-0.4, -0.2) is 52.4 Å². The van der Waals surface area contributed by atoms with E-state index in [2.05, 4.69) is 34.7 Å². The quantitative estimate of drug-likeness (QED) is 0.823. The molecule has 1 amide bonds. The average molecular weight is 334 g/mol. The molecule has 0 aromatic rings. The highest BCUT2D eigenvalue weighted by molar-refractivity contribution is 5.86. The fraction of sp³-hybridized carbons (Fsp3) is 0.824. The topological polar surface area (TPSA) is 72.3 Å². The predicted octanol–water partition coefficient (Wildman–Crippen LogP) is 1.67. The Kier molecular flexibility index (Phi) is 4.66. The van der Waals surface area contributed by atoms with Crippen molar-refractivity contribution < 1.29 is 4.79 Å². The van der Waals surface area contributed by atoms with E-state index < -0.39 is 5.54 Å². The molecule has 1 saturated carbocycles. The molecule has 7 nitrogen and oxygen atoms in total. The second-order valence-electron chi connectivity index (χ2n) is 8.37. The van der Waals surface area contributed by atoms with Crippen LogP contribution in [0.15, 0.2) is 9.98 Å². The molecule has 2 aliphatic heterocycles. The summed E-state index contributed by atoms with van der Waals surface area (Å²) in [5, 5.41) is 7.03. The van der Waals surface area contributed by atoms with E-state index in [1.54, 1.807) is 17.7 Å². The van der Waals surface area contributed by atoms with Crippen LogP contribution < -0.4 is 10.9 Å². The molecule has 0 aromatic carbocycles. The van der Waals surface area contributed by atoms with Crippen LogP contribution in [0.4, 0.5) is 0 Å². The maximum atomic E-state index is 12.8. The Bertz CT molecular complexity index is 535. The van der Waals surface area contributed by atoms with Gasteiger partial charge in [-0.1, -0.05) is 19.3 Å². The Morgan fingerprint density at radius 2 is 1.92 bits per heavy atom. The van der Waals surface area contributed by atoms with Crippen molar-refractivity contribution in [2.24, 2.45) is 15.9 Å². The molecule has 0 bridgehead atoms. The second-order valence-corrected chi connectivity index (χ2v) is 8.37. The summed E-state index contributed by atoms with van der Waals surface area (Å²) >= 11 is 0. The number of nitrogens with zero attached hydrogens (tertiary/aromatic N) is 4. The number of carbonyl (C=O) groups excluding carboxylic acids is 1. The van der Waals surface area contributed by atoms with E-state index in [1.165, 1.54) is 32.1 Å². The van der Waals surface area contributed by atoms with Crippen molar-refractivity contribution in [1.82, 2.24) is 20.9 Å². The summed E-state index contributed by atoms with van der Waals surface area (Å²) in [7, 11) is 0. The van der Waals surface area contributed by atoms with Crippen molar-refractivity contribution in [1.29, 1.82) is 0 Å². The van der Waals surface area contributed by atoms with Crippen LogP contribution in [0.2, 0.25) is 0 Å². The first-order valence-electron chi connectivity index (χ1n) is 8.99. The van der Waals surface area contributed by atoms with E-state index in [9.17, 15) is 4.79 Å². The van der Waals surface area contributed by atoms with Gasteiger partial charge in [0.2, 0.25) is 0 Å². The number of hydrogen-bond acceptors (Lipinski definition) is 6. The van der Waals surface area contributed by atoms with Gasteiger partial charge in [-0.3, -0.25) is 20.1 Å². The van der Waals surface area contributed by atoms with Crippen molar-refractivity contribution in [3.05, 3.63) is 0 Å². The molecule has 2 N–H and O–H groups in total. The van der Waals surface area contributed by atoms with Gasteiger partial charge in [0.25, 0.3) is 5.91 Å². The van der Waals surface area contributed by atoms with E-state index in [0.717, 1.165) is 0 Å². The molecule has 3 aliphatic rings. The maximum absolute atomic E-state index is 12.8. The summed E-state index contributed by atoms with van der Waals surface area (Å²) in [6.45, 7) is 8.65. The highest BCUT2D eigenvalue weighted by Crippen LogP contribution is 2.30. The molecule has 0 radical (unpaired) electrons. The van der Waals surface area contributed by atoms with Crippen LogP contribution in [0, 0.1) is 5.92 Å². The Morgan fingerprint density at radius 1 is 1.21 bits per heavy atom. The van der Waals surface area contributed by atoms with Crippen molar-refractivity contribution in [2.45, 2.75) is 77.0 Å². The Balaban J connectivity index is 1.74. The lowest BCUT2D eigenvalue weighted by Gasteiger charge is -2.49. The lowest BCUT2D eigenvalue weighted by molar-refractivity contribution is -0.153. The molecular weight excluding hydrogens is 304 g/mol. The number of hydrogen-bond donors (Lipinski definition) is 2. The van der Waals surface area contributed by atoms with Gasteiger partial charge in [-0.15, -0.1) is 5.53 Å². The minimum atomic E-state index is -0.606. The normalized spacial score (nSPS) is 30.0. The van der Waals surface area contributed by atoms with Gasteiger partial charge in [-0.25, -0.2) is 9.98 Å². The molecule has 0 aromatic heterocycles. The van der Waals surface area contributed by atoms with Gasteiger partial charge >= 0.3 is 0 Å². The smallest absolute Gasteiger partial charge is 0.257 e. The Hall–Kier alpha value is -1.47. The van der Waals surface area contributed by atoms with E-state index in [0.29, 0.717) is 12.5 Å². The molecule has 2 heterocycles. The summed E-state index contributed by atoms with van der Waals surface area (Å²) in [6, 6.07) is 0. The third-order valence-electron chi connectivity index (χ3n) is 5.05. The molecule has 134 valence electrons. The standard InChI is InChI=1S/C17H30N6O/c1-16(2)10-22(15(24)17(3,4)20-16)21-23-12-18-11-19-14(23)13-8-6-5-7-9-13/h11-14,20-21H,5-10H2,1-4H3. The second kappa shape index (κ2) is 6.44. The highest BCUT2D eigenvalue weighted by atomic mass is 16.2. The summed E-state index contributed by atoms with van der Waals surface area (Å²) in [5.74, 6) is 0.542. The van der Waals surface area contributed by atoms with E-state index in [4.69, 9.17) is 0 Å². The number of piperazine rings is 1. The third-order valence-corrected chi connectivity index (χ3v) is 5.05. The molecule has 1 saturated heterocycles. The number of aliphatic imine (C=N–C) groups is 2. The minimum Gasteiger partial charge on any atom is -0.297 e. The van der Waals surface area contributed by atoms with Crippen LogP contribution in [0.5, 0.6) is 0 Å². The minimum absolute atomic E-state index is 0.0108. The third kappa shape index (κ3) is 3.62. The first kappa shape index (κ1) is 17.4. The molecule has 2 fully saturated rings. The molecular formula is C17H30N6O. The van der Waals surface area contributed by atoms with Gasteiger partial charge < -0.3 is 0 Å². The van der Waals surface area contributed by atoms with Crippen molar-refractivity contribution in [2.75, 3.05) is 6.54 Å². The maximum Gasteiger partial charge on any atom is 0.257 e. The van der Waals surface area contributed by atoms with Crippen LogP contribution in [0.3, 0.4) is 0 Å². The molecule has 0 spiro atoms. The van der Waals surface area contributed by atoms with E-state index in [1.807, 2.05) is 18.9 Å². The van der Waals surface area contributed by atoms with Crippen LogP contribution >= 0.6 is 0 Å². The Labute approximate surface area is 144 Å². The first-order chi connectivity index (χ1) is 11.3. The fourth-order valence-electron chi connectivity index (χ4n) is 4.18. The predicted molar refractivity (Wildman–Crippen MR) is 95.3 cm³/mol. The summed E-state index contributed by atoms with van der Waals surface area (Å²) in [6.07, 6.45) is 9.58. The number of carbonyl (C=O) groups is 1.